The molecule has 3 aliphatic rings. The Morgan fingerprint density at radius 1 is 1.05 bits per heavy atom. The molecule has 2 amide bonds. The Hall–Kier alpha value is -1.68. The number of hydrogen-bond donors (Lipinski definition) is 0. The van der Waals surface area contributed by atoms with Crippen molar-refractivity contribution in [1.29, 1.82) is 0 Å². The maximum atomic E-state index is 12.9. The number of hydrogen-bond acceptors (Lipinski definition) is 2. The molecule has 4 rings (SSSR count). The van der Waals surface area contributed by atoms with Gasteiger partial charge in [0.2, 0.25) is 11.8 Å². The fourth-order valence-electron chi connectivity index (χ4n) is 4.30. The second-order valence-corrected chi connectivity index (χ2v) is 7.35. The Morgan fingerprint density at radius 3 is 2.14 bits per heavy atom. The van der Waals surface area contributed by atoms with E-state index in [0.717, 1.165) is 4.47 Å². The van der Waals surface area contributed by atoms with Crippen LogP contribution < -0.4 is 4.90 Å². The quantitative estimate of drug-likeness (QED) is 0.567. The van der Waals surface area contributed by atoms with Gasteiger partial charge in [-0.25, -0.2) is 4.90 Å². The van der Waals surface area contributed by atoms with Crippen LogP contribution in [0.25, 0.3) is 0 Å². The van der Waals surface area contributed by atoms with E-state index in [-0.39, 0.29) is 35.5 Å². The molecule has 3 nitrogen and oxygen atoms in total. The van der Waals surface area contributed by atoms with E-state index in [1.54, 1.807) is 0 Å². The van der Waals surface area contributed by atoms with E-state index in [1.807, 2.05) is 24.3 Å². The number of rotatable bonds is 1. The predicted octanol–water partition coefficient (Wildman–Crippen LogP) is 3.71. The second-order valence-electron chi connectivity index (χ2n) is 6.44. The molecule has 0 N–H and O–H groups in total. The molecule has 0 spiro atoms. The third-order valence-corrected chi connectivity index (χ3v) is 5.55. The Labute approximate surface area is 137 Å². The first kappa shape index (κ1) is 13.9. The van der Waals surface area contributed by atoms with Crippen LogP contribution in [0.2, 0.25) is 0 Å². The van der Waals surface area contributed by atoms with Crippen LogP contribution >= 0.6 is 15.9 Å². The number of fused-ring (bicyclic) bond motifs is 5. The molecule has 1 aliphatic heterocycles. The minimum Gasteiger partial charge on any atom is -0.274 e. The van der Waals surface area contributed by atoms with Crippen molar-refractivity contribution in [3.8, 4) is 0 Å². The van der Waals surface area contributed by atoms with E-state index >= 15 is 0 Å². The average Bonchev–Trinajstić information content (AvgIpc) is 3.09. The fraction of sp³-hybridized carbons (Fsp3) is 0.333. The van der Waals surface area contributed by atoms with Crippen LogP contribution in [0.4, 0.5) is 5.69 Å². The van der Waals surface area contributed by atoms with E-state index < -0.39 is 0 Å². The van der Waals surface area contributed by atoms with Gasteiger partial charge < -0.3 is 0 Å². The van der Waals surface area contributed by atoms with Crippen LogP contribution in [-0.2, 0) is 9.59 Å². The number of anilines is 1. The summed E-state index contributed by atoms with van der Waals surface area (Å²) in [5, 5.41) is 0. The van der Waals surface area contributed by atoms with Crippen molar-refractivity contribution in [1.82, 2.24) is 0 Å². The summed E-state index contributed by atoms with van der Waals surface area (Å²) < 4.78 is 0.869. The maximum Gasteiger partial charge on any atom is 0.238 e. The minimum absolute atomic E-state index is 0.0521. The summed E-state index contributed by atoms with van der Waals surface area (Å²) in [5.41, 5.74) is 3.19. The summed E-state index contributed by atoms with van der Waals surface area (Å²) >= 11 is 3.41. The van der Waals surface area contributed by atoms with E-state index in [0.29, 0.717) is 5.69 Å². The van der Waals surface area contributed by atoms with E-state index in [4.69, 9.17) is 0 Å². The van der Waals surface area contributed by atoms with Gasteiger partial charge in [-0.15, -0.1) is 0 Å². The highest BCUT2D eigenvalue weighted by molar-refractivity contribution is 9.10. The van der Waals surface area contributed by atoms with Crippen LogP contribution in [0.15, 0.2) is 52.0 Å². The van der Waals surface area contributed by atoms with E-state index in [1.165, 1.54) is 16.0 Å². The predicted molar refractivity (Wildman–Crippen MR) is 88.1 cm³/mol. The van der Waals surface area contributed by atoms with Gasteiger partial charge >= 0.3 is 0 Å². The topological polar surface area (TPSA) is 37.4 Å². The van der Waals surface area contributed by atoms with Crippen molar-refractivity contribution in [2.24, 2.45) is 23.7 Å². The molecule has 2 aliphatic carbocycles. The molecule has 1 saturated heterocycles. The summed E-state index contributed by atoms with van der Waals surface area (Å²) in [4.78, 5) is 27.2. The second kappa shape index (κ2) is 4.66. The Balaban J connectivity index is 1.78. The highest BCUT2D eigenvalue weighted by atomic mass is 79.9. The lowest BCUT2D eigenvalue weighted by molar-refractivity contribution is -0.122. The van der Waals surface area contributed by atoms with Crippen molar-refractivity contribution in [3.05, 3.63) is 52.0 Å². The standard InChI is InChI=1S/C18H16BrNO2/c1-9(2)14-12-6-7-13(14)16-15(12)17(21)20(18(16)22)11-5-3-4-10(19)8-11/h3-8,12-13,15-16H,1-2H3/t12-,13+,15-,16+. The minimum atomic E-state index is -0.216. The molecule has 0 radical (unpaired) electrons. The molecule has 0 aromatic heterocycles. The first-order chi connectivity index (χ1) is 10.5. The van der Waals surface area contributed by atoms with Crippen molar-refractivity contribution in [2.75, 3.05) is 4.90 Å². The van der Waals surface area contributed by atoms with Gasteiger partial charge in [-0.2, -0.15) is 0 Å². The van der Waals surface area contributed by atoms with Crippen molar-refractivity contribution < 1.29 is 9.59 Å². The van der Waals surface area contributed by atoms with Crippen LogP contribution in [-0.4, -0.2) is 11.8 Å². The van der Waals surface area contributed by atoms with Crippen molar-refractivity contribution in [2.45, 2.75) is 13.8 Å². The molecule has 2 fully saturated rings. The SMILES string of the molecule is CC(C)=C1[C@H]2C=C[C@@H]1[C@@H]1C(=O)N(c3cccc(Br)c3)C(=O)[C@@H]12. The van der Waals surface area contributed by atoms with Crippen LogP contribution in [0.5, 0.6) is 0 Å². The van der Waals surface area contributed by atoms with E-state index in [2.05, 4.69) is 41.9 Å². The van der Waals surface area contributed by atoms with Crippen molar-refractivity contribution >= 4 is 33.4 Å². The molecule has 112 valence electrons. The highest BCUT2D eigenvalue weighted by Gasteiger charge is 2.61. The monoisotopic (exact) mass is 357 g/mol. The molecule has 1 saturated carbocycles. The summed E-state index contributed by atoms with van der Waals surface area (Å²) in [6, 6.07) is 7.39. The molecule has 2 bridgehead atoms. The van der Waals surface area contributed by atoms with Gasteiger partial charge in [-0.05, 0) is 32.0 Å². The molecule has 22 heavy (non-hydrogen) atoms. The summed E-state index contributed by atoms with van der Waals surface area (Å²) in [7, 11) is 0. The molecular formula is C18H16BrNO2. The average molecular weight is 358 g/mol. The molecule has 1 heterocycles. The molecule has 1 aromatic rings. The lowest BCUT2D eigenvalue weighted by atomic mass is 9.85. The number of amides is 2. The normalized spacial score (nSPS) is 32.1. The van der Waals surface area contributed by atoms with Gasteiger partial charge in [0.1, 0.15) is 0 Å². The maximum absolute atomic E-state index is 12.9. The van der Waals surface area contributed by atoms with Gasteiger partial charge in [0.05, 0.1) is 17.5 Å². The molecular weight excluding hydrogens is 342 g/mol. The van der Waals surface area contributed by atoms with Crippen molar-refractivity contribution in [3.63, 3.8) is 0 Å². The van der Waals surface area contributed by atoms with E-state index in [9.17, 15) is 9.59 Å². The Bertz CT molecular complexity index is 726. The lowest BCUT2D eigenvalue weighted by Gasteiger charge is -2.19. The zero-order valence-corrected chi connectivity index (χ0v) is 14.0. The van der Waals surface area contributed by atoms with Gasteiger partial charge in [-0.1, -0.05) is 45.3 Å². The molecule has 4 heteroatoms. The Morgan fingerprint density at radius 2 is 1.64 bits per heavy atom. The van der Waals surface area contributed by atoms with Crippen LogP contribution in [0.3, 0.4) is 0 Å². The number of carbonyl (C=O) groups is 2. The number of allylic oxidation sites excluding steroid dienone is 4. The number of nitrogens with zero attached hydrogens (tertiary/aromatic N) is 1. The third-order valence-electron chi connectivity index (χ3n) is 5.06. The lowest BCUT2D eigenvalue weighted by Crippen LogP contribution is -2.33. The van der Waals surface area contributed by atoms with Crippen LogP contribution in [0.1, 0.15) is 13.8 Å². The number of imide groups is 1. The molecule has 4 atom stereocenters. The summed E-state index contributed by atoms with van der Waals surface area (Å²) in [5.74, 6) is -0.327. The zero-order chi connectivity index (χ0) is 15.6. The first-order valence-corrected chi connectivity index (χ1v) is 8.29. The first-order valence-electron chi connectivity index (χ1n) is 7.49. The number of benzene rings is 1. The molecule has 1 aromatic carbocycles. The highest BCUT2D eigenvalue weighted by Crippen LogP contribution is 2.57. The summed E-state index contributed by atoms with van der Waals surface area (Å²) in [6.45, 7) is 4.15. The Kier molecular flexibility index (Phi) is 2.95. The number of carbonyl (C=O) groups excluding carboxylic acids is 2. The summed E-state index contributed by atoms with van der Waals surface area (Å²) in [6.07, 6.45) is 4.23. The number of halogens is 1. The largest absolute Gasteiger partial charge is 0.274 e. The van der Waals surface area contributed by atoms with Gasteiger partial charge in [0, 0.05) is 16.3 Å². The smallest absolute Gasteiger partial charge is 0.238 e. The van der Waals surface area contributed by atoms with Gasteiger partial charge in [-0.3, -0.25) is 9.59 Å². The van der Waals surface area contributed by atoms with Gasteiger partial charge in [0.15, 0.2) is 0 Å². The van der Waals surface area contributed by atoms with Crippen LogP contribution in [0, 0.1) is 23.7 Å². The third kappa shape index (κ3) is 1.67. The van der Waals surface area contributed by atoms with Gasteiger partial charge in [0.25, 0.3) is 0 Å². The molecule has 0 unspecified atom stereocenters. The fourth-order valence-corrected chi connectivity index (χ4v) is 4.69. The zero-order valence-electron chi connectivity index (χ0n) is 12.4.